The van der Waals surface area contributed by atoms with Crippen LogP contribution >= 0.6 is 11.3 Å². The van der Waals surface area contributed by atoms with E-state index in [9.17, 15) is 0 Å². The van der Waals surface area contributed by atoms with Gasteiger partial charge in [-0.15, -0.1) is 11.3 Å². The minimum absolute atomic E-state index is 0.811. The van der Waals surface area contributed by atoms with Crippen LogP contribution in [0.2, 0.25) is 0 Å². The second-order valence-electron chi connectivity index (χ2n) is 4.40. The summed E-state index contributed by atoms with van der Waals surface area (Å²) in [5.41, 5.74) is 0. The SMILES string of the molecule is CCNCc1ccc(CN(C)Cc2cccs2)o1. The Hall–Kier alpha value is -1.10. The molecule has 2 aromatic heterocycles. The Bertz CT molecular complexity index is 450. The number of rotatable bonds is 7. The Morgan fingerprint density at radius 3 is 2.78 bits per heavy atom. The van der Waals surface area contributed by atoms with Crippen molar-refractivity contribution in [2.45, 2.75) is 26.6 Å². The van der Waals surface area contributed by atoms with Gasteiger partial charge in [-0.05, 0) is 37.2 Å². The minimum Gasteiger partial charge on any atom is -0.463 e. The molecule has 0 aromatic carbocycles. The van der Waals surface area contributed by atoms with Gasteiger partial charge in [0.15, 0.2) is 0 Å². The fourth-order valence-electron chi connectivity index (χ4n) is 1.84. The summed E-state index contributed by atoms with van der Waals surface area (Å²) in [6.07, 6.45) is 0. The lowest BCUT2D eigenvalue weighted by Gasteiger charge is -2.13. The van der Waals surface area contributed by atoms with Gasteiger partial charge in [-0.2, -0.15) is 0 Å². The molecular weight excluding hydrogens is 244 g/mol. The molecule has 0 aliphatic carbocycles. The van der Waals surface area contributed by atoms with Crippen LogP contribution in [0.25, 0.3) is 0 Å². The van der Waals surface area contributed by atoms with Crippen molar-refractivity contribution in [3.8, 4) is 0 Å². The summed E-state index contributed by atoms with van der Waals surface area (Å²) in [5.74, 6) is 2.04. The molecule has 18 heavy (non-hydrogen) atoms. The molecule has 0 unspecified atom stereocenters. The standard InChI is InChI=1S/C14H20N2OS/c1-3-15-9-12-6-7-13(17-12)10-16(2)11-14-5-4-8-18-14/h4-8,15H,3,9-11H2,1-2H3. The van der Waals surface area contributed by atoms with Gasteiger partial charge in [0.25, 0.3) is 0 Å². The van der Waals surface area contributed by atoms with Crippen LogP contribution in [0.3, 0.4) is 0 Å². The van der Waals surface area contributed by atoms with E-state index in [1.54, 1.807) is 11.3 Å². The molecule has 0 bridgehead atoms. The largest absolute Gasteiger partial charge is 0.463 e. The van der Waals surface area contributed by atoms with Crippen molar-refractivity contribution >= 4 is 11.3 Å². The summed E-state index contributed by atoms with van der Waals surface area (Å²) in [7, 11) is 2.12. The molecule has 1 N–H and O–H groups in total. The predicted octanol–water partition coefficient (Wildman–Crippen LogP) is 3.08. The van der Waals surface area contributed by atoms with E-state index >= 15 is 0 Å². The number of nitrogens with one attached hydrogen (secondary N) is 1. The second kappa shape index (κ2) is 6.73. The normalized spacial score (nSPS) is 11.3. The molecule has 0 aliphatic rings. The second-order valence-corrected chi connectivity index (χ2v) is 5.43. The smallest absolute Gasteiger partial charge is 0.118 e. The molecule has 0 amide bonds. The Morgan fingerprint density at radius 1 is 1.22 bits per heavy atom. The van der Waals surface area contributed by atoms with Crippen LogP contribution in [-0.4, -0.2) is 18.5 Å². The topological polar surface area (TPSA) is 28.4 Å². The molecule has 0 aliphatic heterocycles. The van der Waals surface area contributed by atoms with Crippen molar-refractivity contribution in [1.29, 1.82) is 0 Å². The number of furan rings is 1. The van der Waals surface area contributed by atoms with Gasteiger partial charge in [0.1, 0.15) is 11.5 Å². The highest BCUT2D eigenvalue weighted by atomic mass is 32.1. The van der Waals surface area contributed by atoms with Crippen molar-refractivity contribution in [2.24, 2.45) is 0 Å². The Kier molecular flexibility index (Phi) is 4.99. The number of hydrogen-bond donors (Lipinski definition) is 1. The van der Waals surface area contributed by atoms with Crippen molar-refractivity contribution in [3.05, 3.63) is 46.0 Å². The maximum Gasteiger partial charge on any atom is 0.118 e. The third-order valence-corrected chi connectivity index (χ3v) is 3.56. The van der Waals surface area contributed by atoms with Crippen LogP contribution < -0.4 is 5.32 Å². The first kappa shape index (κ1) is 13.3. The molecule has 0 spiro atoms. The average molecular weight is 264 g/mol. The molecule has 4 heteroatoms. The van der Waals surface area contributed by atoms with Crippen molar-refractivity contribution < 1.29 is 4.42 Å². The van der Waals surface area contributed by atoms with E-state index in [-0.39, 0.29) is 0 Å². The summed E-state index contributed by atoms with van der Waals surface area (Å²) in [5, 5.41) is 5.38. The van der Waals surface area contributed by atoms with Crippen LogP contribution in [0.1, 0.15) is 23.3 Å². The molecule has 0 radical (unpaired) electrons. The van der Waals surface area contributed by atoms with Crippen molar-refractivity contribution in [2.75, 3.05) is 13.6 Å². The molecule has 0 saturated carbocycles. The zero-order valence-corrected chi connectivity index (χ0v) is 11.8. The van der Waals surface area contributed by atoms with E-state index in [0.29, 0.717) is 0 Å². The van der Waals surface area contributed by atoms with Gasteiger partial charge in [0.05, 0.1) is 13.1 Å². The highest BCUT2D eigenvalue weighted by molar-refractivity contribution is 7.09. The molecule has 2 heterocycles. The Balaban J connectivity index is 1.83. The summed E-state index contributed by atoms with van der Waals surface area (Å²) in [6.45, 7) is 5.70. The summed E-state index contributed by atoms with van der Waals surface area (Å²) < 4.78 is 5.77. The van der Waals surface area contributed by atoms with Gasteiger partial charge in [-0.25, -0.2) is 0 Å². The number of thiophene rings is 1. The van der Waals surface area contributed by atoms with Crippen LogP contribution in [0.4, 0.5) is 0 Å². The minimum atomic E-state index is 0.811. The van der Waals surface area contributed by atoms with Gasteiger partial charge in [0.2, 0.25) is 0 Å². The van der Waals surface area contributed by atoms with Gasteiger partial charge in [0, 0.05) is 11.4 Å². The molecule has 0 fully saturated rings. The highest BCUT2D eigenvalue weighted by Gasteiger charge is 2.06. The third kappa shape index (κ3) is 3.98. The third-order valence-electron chi connectivity index (χ3n) is 2.70. The van der Waals surface area contributed by atoms with Crippen molar-refractivity contribution in [3.63, 3.8) is 0 Å². The van der Waals surface area contributed by atoms with Gasteiger partial charge >= 0.3 is 0 Å². The molecular formula is C14H20N2OS. The molecule has 3 nitrogen and oxygen atoms in total. The lowest BCUT2D eigenvalue weighted by Crippen LogP contribution is -2.16. The van der Waals surface area contributed by atoms with Crippen LogP contribution in [-0.2, 0) is 19.6 Å². The average Bonchev–Trinajstić information content (AvgIpc) is 2.98. The van der Waals surface area contributed by atoms with E-state index in [0.717, 1.165) is 37.7 Å². The van der Waals surface area contributed by atoms with Gasteiger partial charge in [-0.3, -0.25) is 4.90 Å². The predicted molar refractivity (Wildman–Crippen MR) is 75.6 cm³/mol. The van der Waals surface area contributed by atoms with Crippen molar-refractivity contribution in [1.82, 2.24) is 10.2 Å². The van der Waals surface area contributed by atoms with Crippen LogP contribution in [0.15, 0.2) is 34.1 Å². The first-order valence-electron chi connectivity index (χ1n) is 6.27. The molecule has 98 valence electrons. The lowest BCUT2D eigenvalue weighted by molar-refractivity contribution is 0.285. The van der Waals surface area contributed by atoms with Gasteiger partial charge in [-0.1, -0.05) is 13.0 Å². The summed E-state index contributed by atoms with van der Waals surface area (Å²) in [4.78, 5) is 3.65. The molecule has 2 rings (SSSR count). The highest BCUT2D eigenvalue weighted by Crippen LogP contribution is 2.14. The maximum absolute atomic E-state index is 5.77. The van der Waals surface area contributed by atoms with E-state index < -0.39 is 0 Å². The molecule has 0 atom stereocenters. The number of hydrogen-bond acceptors (Lipinski definition) is 4. The number of nitrogens with zero attached hydrogens (tertiary/aromatic N) is 1. The Labute approximate surface area is 112 Å². The molecule has 0 saturated heterocycles. The quantitative estimate of drug-likeness (QED) is 0.833. The zero-order chi connectivity index (χ0) is 12.8. The fraction of sp³-hybridized carbons (Fsp3) is 0.429. The fourth-order valence-corrected chi connectivity index (χ4v) is 2.62. The summed E-state index contributed by atoms with van der Waals surface area (Å²) >= 11 is 1.80. The van der Waals surface area contributed by atoms with Crippen LogP contribution in [0.5, 0.6) is 0 Å². The van der Waals surface area contributed by atoms with Gasteiger partial charge < -0.3 is 9.73 Å². The lowest BCUT2D eigenvalue weighted by atomic mass is 10.3. The van der Waals surface area contributed by atoms with E-state index in [4.69, 9.17) is 4.42 Å². The van der Waals surface area contributed by atoms with E-state index in [2.05, 4.69) is 53.8 Å². The first-order chi connectivity index (χ1) is 8.78. The monoisotopic (exact) mass is 264 g/mol. The van der Waals surface area contributed by atoms with E-state index in [1.165, 1.54) is 4.88 Å². The zero-order valence-electron chi connectivity index (χ0n) is 11.0. The summed E-state index contributed by atoms with van der Waals surface area (Å²) in [6, 6.07) is 8.38. The van der Waals surface area contributed by atoms with E-state index in [1.807, 2.05) is 0 Å². The molecule has 2 aromatic rings. The maximum atomic E-state index is 5.77. The van der Waals surface area contributed by atoms with Crippen LogP contribution in [0, 0.1) is 0 Å². The first-order valence-corrected chi connectivity index (χ1v) is 7.15. The Morgan fingerprint density at radius 2 is 2.06 bits per heavy atom.